The van der Waals surface area contributed by atoms with Crippen LogP contribution in [-0.4, -0.2) is 25.5 Å². The summed E-state index contributed by atoms with van der Waals surface area (Å²) >= 11 is 0. The van der Waals surface area contributed by atoms with Crippen LogP contribution in [0.1, 0.15) is 6.92 Å². The van der Waals surface area contributed by atoms with Crippen molar-refractivity contribution in [2.45, 2.75) is 17.9 Å². The summed E-state index contributed by atoms with van der Waals surface area (Å²) in [6, 6.07) is 4.31. The van der Waals surface area contributed by atoms with Crippen LogP contribution in [0.3, 0.4) is 0 Å². The molecule has 1 aromatic carbocycles. The van der Waals surface area contributed by atoms with E-state index in [1.807, 2.05) is 4.72 Å². The highest BCUT2D eigenvalue weighted by Gasteiger charge is 2.20. The number of hydrogen-bond donors (Lipinski definition) is 3. The van der Waals surface area contributed by atoms with Gasteiger partial charge in [0.2, 0.25) is 10.0 Å². The summed E-state index contributed by atoms with van der Waals surface area (Å²) in [6.45, 7) is 1.25. The van der Waals surface area contributed by atoms with Gasteiger partial charge in [0.25, 0.3) is 0 Å². The van der Waals surface area contributed by atoms with Crippen molar-refractivity contribution >= 4 is 21.7 Å². The first kappa shape index (κ1) is 12.5. The highest BCUT2D eigenvalue weighted by Crippen LogP contribution is 2.11. The lowest BCUT2D eigenvalue weighted by molar-refractivity contribution is -0.138. The Morgan fingerprint density at radius 2 is 1.88 bits per heavy atom. The molecule has 6 nitrogen and oxygen atoms in total. The normalized spacial score (nSPS) is 13.3. The number of carboxylic acids is 1. The van der Waals surface area contributed by atoms with Crippen LogP contribution in [0, 0.1) is 0 Å². The summed E-state index contributed by atoms with van der Waals surface area (Å²) in [6.07, 6.45) is 0. The fourth-order valence-corrected chi connectivity index (χ4v) is 2.19. The lowest BCUT2D eigenvalue weighted by Gasteiger charge is -2.10. The smallest absolute Gasteiger partial charge is 0.321 e. The van der Waals surface area contributed by atoms with Gasteiger partial charge < -0.3 is 10.8 Å². The van der Waals surface area contributed by atoms with Gasteiger partial charge in [-0.25, -0.2) is 8.42 Å². The van der Waals surface area contributed by atoms with Crippen molar-refractivity contribution in [3.63, 3.8) is 0 Å². The molecule has 1 aromatic rings. The van der Waals surface area contributed by atoms with Crippen LogP contribution in [-0.2, 0) is 14.8 Å². The summed E-state index contributed by atoms with van der Waals surface area (Å²) in [5, 5.41) is 8.59. The fourth-order valence-electron chi connectivity index (χ4n) is 0.998. The van der Waals surface area contributed by atoms with Crippen LogP contribution in [0.2, 0.25) is 0 Å². The van der Waals surface area contributed by atoms with E-state index in [-0.39, 0.29) is 4.90 Å². The molecule has 7 heteroatoms. The molecule has 0 heterocycles. The molecule has 0 aliphatic carbocycles. The van der Waals surface area contributed by atoms with Crippen LogP contribution in [0.15, 0.2) is 29.2 Å². The predicted octanol–water partition coefficient (Wildman–Crippen LogP) is 0.0202. The summed E-state index contributed by atoms with van der Waals surface area (Å²) in [5.41, 5.74) is 5.85. The highest BCUT2D eigenvalue weighted by molar-refractivity contribution is 7.89. The first-order chi connectivity index (χ1) is 7.33. The fraction of sp³-hybridized carbons (Fsp3) is 0.222. The third kappa shape index (κ3) is 2.94. The first-order valence-electron chi connectivity index (χ1n) is 4.43. The van der Waals surface area contributed by atoms with Gasteiger partial charge in [-0.3, -0.25) is 4.79 Å². The van der Waals surface area contributed by atoms with Crippen LogP contribution in [0.5, 0.6) is 0 Å². The van der Waals surface area contributed by atoms with Crippen molar-refractivity contribution in [2.75, 3.05) is 5.73 Å². The molecule has 0 fully saturated rings. The number of carbonyl (C=O) groups is 1. The van der Waals surface area contributed by atoms with E-state index in [9.17, 15) is 13.2 Å². The summed E-state index contributed by atoms with van der Waals surface area (Å²) in [7, 11) is -3.81. The number of rotatable bonds is 4. The Bertz CT molecular complexity index is 481. The average molecular weight is 244 g/mol. The first-order valence-corrected chi connectivity index (χ1v) is 5.92. The van der Waals surface area contributed by atoms with Crippen molar-refractivity contribution in [3.05, 3.63) is 24.3 Å². The van der Waals surface area contributed by atoms with E-state index in [4.69, 9.17) is 10.8 Å². The zero-order valence-corrected chi connectivity index (χ0v) is 9.36. The van der Waals surface area contributed by atoms with E-state index in [2.05, 4.69) is 0 Å². The number of nitrogens with one attached hydrogen (secondary N) is 1. The molecule has 0 saturated heterocycles. The van der Waals surface area contributed by atoms with Crippen LogP contribution in [0.25, 0.3) is 0 Å². The Hall–Kier alpha value is -1.60. The minimum atomic E-state index is -3.81. The van der Waals surface area contributed by atoms with E-state index in [0.717, 1.165) is 0 Å². The standard InChI is InChI=1S/C9H12N2O4S/c1-6(9(12)13)11-16(14,15)8-4-2-7(10)3-5-8/h2-6,11H,10H2,1H3,(H,12,13). The van der Waals surface area contributed by atoms with Gasteiger partial charge in [0.05, 0.1) is 4.90 Å². The third-order valence-corrected chi connectivity index (χ3v) is 3.45. The van der Waals surface area contributed by atoms with E-state index in [0.29, 0.717) is 5.69 Å². The van der Waals surface area contributed by atoms with Crippen molar-refractivity contribution in [1.29, 1.82) is 0 Å². The van der Waals surface area contributed by atoms with E-state index in [1.165, 1.54) is 31.2 Å². The van der Waals surface area contributed by atoms with Crippen molar-refractivity contribution in [2.24, 2.45) is 0 Å². The average Bonchev–Trinajstić information content (AvgIpc) is 2.17. The summed E-state index contributed by atoms with van der Waals surface area (Å²) < 4.78 is 25.3. The second kappa shape index (κ2) is 4.50. The molecule has 0 saturated carbocycles. The predicted molar refractivity (Wildman–Crippen MR) is 58.3 cm³/mol. The van der Waals surface area contributed by atoms with Gasteiger partial charge in [0.1, 0.15) is 6.04 Å². The van der Waals surface area contributed by atoms with Gasteiger partial charge in [0, 0.05) is 5.69 Å². The Balaban J connectivity index is 2.94. The molecule has 0 spiro atoms. The number of benzene rings is 1. The van der Waals surface area contributed by atoms with Gasteiger partial charge in [-0.05, 0) is 31.2 Å². The zero-order chi connectivity index (χ0) is 12.3. The molecule has 0 bridgehead atoms. The molecule has 88 valence electrons. The maximum absolute atomic E-state index is 11.6. The number of carboxylic acid groups (broad SMARTS) is 1. The van der Waals surface area contributed by atoms with Gasteiger partial charge in [-0.15, -0.1) is 0 Å². The van der Waals surface area contributed by atoms with Gasteiger partial charge >= 0.3 is 5.97 Å². The molecule has 0 radical (unpaired) electrons. The highest BCUT2D eigenvalue weighted by atomic mass is 32.2. The van der Waals surface area contributed by atoms with Crippen molar-refractivity contribution in [3.8, 4) is 0 Å². The molecule has 4 N–H and O–H groups in total. The van der Waals surface area contributed by atoms with Gasteiger partial charge in [-0.2, -0.15) is 4.72 Å². The molecule has 0 aromatic heterocycles. The maximum Gasteiger partial charge on any atom is 0.321 e. The molecular weight excluding hydrogens is 232 g/mol. The zero-order valence-electron chi connectivity index (χ0n) is 8.54. The molecule has 1 atom stereocenters. The molecule has 0 amide bonds. The molecule has 16 heavy (non-hydrogen) atoms. The second-order valence-electron chi connectivity index (χ2n) is 3.25. The molecule has 0 aliphatic heterocycles. The minimum absolute atomic E-state index is 0.0187. The Labute approximate surface area is 93.1 Å². The number of hydrogen-bond acceptors (Lipinski definition) is 4. The topological polar surface area (TPSA) is 109 Å². The van der Waals surface area contributed by atoms with Crippen LogP contribution < -0.4 is 10.5 Å². The maximum atomic E-state index is 11.6. The van der Waals surface area contributed by atoms with E-state index >= 15 is 0 Å². The monoisotopic (exact) mass is 244 g/mol. The van der Waals surface area contributed by atoms with Gasteiger partial charge in [0.15, 0.2) is 0 Å². The molecular formula is C9H12N2O4S. The minimum Gasteiger partial charge on any atom is -0.480 e. The largest absolute Gasteiger partial charge is 0.480 e. The summed E-state index contributed by atoms with van der Waals surface area (Å²) in [5.74, 6) is -1.24. The van der Waals surface area contributed by atoms with E-state index in [1.54, 1.807) is 0 Å². The van der Waals surface area contributed by atoms with Crippen LogP contribution in [0.4, 0.5) is 5.69 Å². The number of nitrogen functional groups attached to an aromatic ring is 1. The van der Waals surface area contributed by atoms with Crippen LogP contribution >= 0.6 is 0 Å². The molecule has 0 aliphatic rings. The lowest BCUT2D eigenvalue weighted by Crippen LogP contribution is -2.38. The quantitative estimate of drug-likeness (QED) is 0.647. The molecule has 1 rings (SSSR count). The third-order valence-electron chi connectivity index (χ3n) is 1.89. The van der Waals surface area contributed by atoms with E-state index < -0.39 is 22.0 Å². The number of anilines is 1. The Kier molecular flexibility index (Phi) is 3.51. The number of aliphatic carboxylic acids is 1. The lowest BCUT2D eigenvalue weighted by atomic mass is 10.3. The van der Waals surface area contributed by atoms with Gasteiger partial charge in [-0.1, -0.05) is 0 Å². The number of nitrogens with two attached hydrogens (primary N) is 1. The Morgan fingerprint density at radius 1 is 1.38 bits per heavy atom. The van der Waals surface area contributed by atoms with Crippen molar-refractivity contribution in [1.82, 2.24) is 4.72 Å². The second-order valence-corrected chi connectivity index (χ2v) is 4.96. The number of sulfonamides is 1. The summed E-state index contributed by atoms with van der Waals surface area (Å²) in [4.78, 5) is 10.5. The molecule has 1 unspecified atom stereocenters. The van der Waals surface area contributed by atoms with Crippen molar-refractivity contribution < 1.29 is 18.3 Å². The Morgan fingerprint density at radius 3 is 2.31 bits per heavy atom. The SMILES string of the molecule is CC(NS(=O)(=O)c1ccc(N)cc1)C(=O)O.